The van der Waals surface area contributed by atoms with Crippen molar-refractivity contribution in [2.75, 3.05) is 18.9 Å². The number of ether oxygens (including phenoxy) is 3. The summed E-state index contributed by atoms with van der Waals surface area (Å²) >= 11 is 0. The molecule has 0 saturated carbocycles. The number of aliphatic hydroxyl groups excluding tert-OH is 1. The summed E-state index contributed by atoms with van der Waals surface area (Å²) in [4.78, 5) is 26.8. The highest BCUT2D eigenvalue weighted by Crippen LogP contribution is 2.43. The van der Waals surface area contributed by atoms with Gasteiger partial charge in [-0.2, -0.15) is 13.8 Å². The lowest BCUT2D eigenvalue weighted by Crippen LogP contribution is -2.44. The Kier molecular flexibility index (Phi) is 6.48. The van der Waals surface area contributed by atoms with Crippen LogP contribution in [0.3, 0.4) is 0 Å². The smallest absolute Gasteiger partial charge is 0.434 e. The predicted molar refractivity (Wildman–Crippen MR) is 84.6 cm³/mol. The van der Waals surface area contributed by atoms with Gasteiger partial charge in [-0.05, 0) is 12.5 Å². The number of aliphatic hydroxyl groups is 1. The highest BCUT2D eigenvalue weighted by Gasteiger charge is 2.62. The van der Waals surface area contributed by atoms with Crippen LogP contribution in [-0.4, -0.2) is 52.2 Å². The van der Waals surface area contributed by atoms with Crippen LogP contribution in [0.1, 0.15) is 32.4 Å². The number of anilines is 1. The molecule has 1 saturated heterocycles. The molecule has 1 aromatic heterocycles. The van der Waals surface area contributed by atoms with Gasteiger partial charge in [0.1, 0.15) is 11.9 Å². The molecule has 0 aliphatic carbocycles. The SMILES string of the molecule is CCCCCOC(=O)O[C@@H]1[C@@H](CO)O[C@@H](n2ccc(N)nc2=O)C1(F)F. The van der Waals surface area contributed by atoms with Crippen molar-refractivity contribution in [2.45, 2.75) is 50.5 Å². The van der Waals surface area contributed by atoms with E-state index in [-0.39, 0.29) is 12.4 Å². The van der Waals surface area contributed by atoms with Crippen molar-refractivity contribution in [2.24, 2.45) is 0 Å². The lowest BCUT2D eigenvalue weighted by atomic mass is 10.1. The standard InChI is InChI=1S/C15H21F2N3O6/c1-2-3-4-7-24-14(23)26-11-9(8-21)25-12(15(11,16)17)20-6-5-10(18)19-13(20)22/h5-6,9,11-12,21H,2-4,7-8H2,1H3,(H2,18,19,22)/t9-,11-,12-/m1/s1. The maximum absolute atomic E-state index is 14.7. The third-order valence-electron chi connectivity index (χ3n) is 3.83. The highest BCUT2D eigenvalue weighted by atomic mass is 19.3. The van der Waals surface area contributed by atoms with Crippen LogP contribution >= 0.6 is 0 Å². The Labute approximate surface area is 147 Å². The first-order chi connectivity index (χ1) is 12.3. The molecule has 2 rings (SSSR count). The highest BCUT2D eigenvalue weighted by molar-refractivity contribution is 5.60. The van der Waals surface area contributed by atoms with Crippen LogP contribution < -0.4 is 11.4 Å². The molecule has 2 heterocycles. The summed E-state index contributed by atoms with van der Waals surface area (Å²) in [7, 11) is 0. The number of unbranched alkanes of at least 4 members (excludes halogenated alkanes) is 2. The van der Waals surface area contributed by atoms with Crippen molar-refractivity contribution in [1.29, 1.82) is 0 Å². The summed E-state index contributed by atoms with van der Waals surface area (Å²) in [5.41, 5.74) is 4.27. The van der Waals surface area contributed by atoms with Crippen molar-refractivity contribution in [3.63, 3.8) is 0 Å². The van der Waals surface area contributed by atoms with E-state index < -0.39 is 42.8 Å². The molecule has 1 aliphatic rings. The number of aromatic nitrogens is 2. The molecule has 9 nitrogen and oxygen atoms in total. The van der Waals surface area contributed by atoms with Crippen molar-refractivity contribution in [1.82, 2.24) is 9.55 Å². The molecule has 3 atom stereocenters. The van der Waals surface area contributed by atoms with E-state index in [0.717, 1.165) is 25.1 Å². The molecular weight excluding hydrogens is 356 g/mol. The van der Waals surface area contributed by atoms with Crippen LogP contribution in [0.25, 0.3) is 0 Å². The van der Waals surface area contributed by atoms with Gasteiger partial charge < -0.3 is 25.1 Å². The molecule has 0 bridgehead atoms. The molecule has 0 amide bonds. The number of alkyl halides is 2. The minimum Gasteiger partial charge on any atom is -0.434 e. The summed E-state index contributed by atoms with van der Waals surface area (Å²) in [6.45, 7) is 1.13. The average molecular weight is 377 g/mol. The minimum absolute atomic E-state index is 0.0282. The van der Waals surface area contributed by atoms with Crippen molar-refractivity contribution in [3.8, 4) is 0 Å². The Morgan fingerprint density at radius 3 is 2.85 bits per heavy atom. The fourth-order valence-electron chi connectivity index (χ4n) is 2.51. The topological polar surface area (TPSA) is 126 Å². The van der Waals surface area contributed by atoms with Gasteiger partial charge in [-0.25, -0.2) is 9.59 Å². The number of nitrogens with zero attached hydrogens (tertiary/aromatic N) is 2. The van der Waals surface area contributed by atoms with Gasteiger partial charge in [-0.15, -0.1) is 0 Å². The Hall–Kier alpha value is -2.27. The maximum atomic E-state index is 14.7. The second kappa shape index (κ2) is 8.41. The number of halogens is 2. The van der Waals surface area contributed by atoms with E-state index in [1.807, 2.05) is 6.92 Å². The Morgan fingerprint density at radius 1 is 1.50 bits per heavy atom. The van der Waals surface area contributed by atoms with Crippen LogP contribution in [-0.2, 0) is 14.2 Å². The lowest BCUT2D eigenvalue weighted by molar-refractivity contribution is -0.146. The Bertz CT molecular complexity index is 684. The molecule has 11 heteroatoms. The van der Waals surface area contributed by atoms with E-state index >= 15 is 0 Å². The fourth-order valence-corrected chi connectivity index (χ4v) is 2.51. The zero-order valence-corrected chi connectivity index (χ0v) is 14.1. The van der Waals surface area contributed by atoms with E-state index in [2.05, 4.69) is 9.72 Å². The summed E-state index contributed by atoms with van der Waals surface area (Å²) in [6, 6.07) is 1.14. The van der Waals surface area contributed by atoms with Gasteiger partial charge in [0, 0.05) is 6.20 Å². The minimum atomic E-state index is -3.81. The Morgan fingerprint density at radius 2 is 2.23 bits per heavy atom. The molecule has 0 unspecified atom stereocenters. The predicted octanol–water partition coefficient (Wildman–Crippen LogP) is 1.06. The second-order valence-electron chi connectivity index (χ2n) is 5.77. The van der Waals surface area contributed by atoms with Crippen LogP contribution in [0, 0.1) is 0 Å². The molecular formula is C15H21F2N3O6. The normalized spacial score (nSPS) is 24.4. The molecule has 1 aromatic rings. The first-order valence-electron chi connectivity index (χ1n) is 8.13. The number of carbonyl (C=O) groups is 1. The summed E-state index contributed by atoms with van der Waals surface area (Å²) in [6.07, 6.45) is -3.81. The summed E-state index contributed by atoms with van der Waals surface area (Å²) < 4.78 is 44.4. The van der Waals surface area contributed by atoms with Crippen LogP contribution in [0.4, 0.5) is 19.4 Å². The van der Waals surface area contributed by atoms with Crippen molar-refractivity contribution in [3.05, 3.63) is 22.7 Å². The largest absolute Gasteiger partial charge is 0.508 e. The molecule has 146 valence electrons. The number of hydrogen-bond donors (Lipinski definition) is 2. The monoisotopic (exact) mass is 377 g/mol. The van der Waals surface area contributed by atoms with Gasteiger partial charge >= 0.3 is 17.8 Å². The molecule has 0 spiro atoms. The van der Waals surface area contributed by atoms with Gasteiger partial charge in [0.2, 0.25) is 12.3 Å². The molecule has 1 aliphatic heterocycles. The first-order valence-corrected chi connectivity index (χ1v) is 8.13. The zero-order valence-electron chi connectivity index (χ0n) is 14.1. The second-order valence-corrected chi connectivity index (χ2v) is 5.77. The van der Waals surface area contributed by atoms with E-state index in [4.69, 9.17) is 15.2 Å². The average Bonchev–Trinajstić information content (AvgIpc) is 2.83. The quantitative estimate of drug-likeness (QED) is 0.534. The van der Waals surface area contributed by atoms with Crippen LogP contribution in [0.5, 0.6) is 0 Å². The molecule has 26 heavy (non-hydrogen) atoms. The number of nitrogens with two attached hydrogens (primary N) is 1. The van der Waals surface area contributed by atoms with E-state index in [1.165, 1.54) is 0 Å². The third kappa shape index (κ3) is 4.28. The van der Waals surface area contributed by atoms with Gasteiger partial charge in [-0.1, -0.05) is 19.8 Å². The summed E-state index contributed by atoms with van der Waals surface area (Å²) in [5.74, 6) is -3.95. The van der Waals surface area contributed by atoms with E-state index in [0.29, 0.717) is 11.0 Å². The summed E-state index contributed by atoms with van der Waals surface area (Å²) in [5, 5.41) is 9.29. The van der Waals surface area contributed by atoms with Gasteiger partial charge in [-0.3, -0.25) is 4.57 Å². The number of rotatable bonds is 7. The molecule has 0 aromatic carbocycles. The van der Waals surface area contributed by atoms with E-state index in [1.54, 1.807) is 0 Å². The Balaban J connectivity index is 2.14. The first kappa shape index (κ1) is 20.0. The lowest BCUT2D eigenvalue weighted by Gasteiger charge is -2.23. The van der Waals surface area contributed by atoms with Gasteiger partial charge in [0.15, 0.2) is 0 Å². The van der Waals surface area contributed by atoms with Crippen molar-refractivity contribution < 1.29 is 32.9 Å². The molecule has 3 N–H and O–H groups in total. The molecule has 1 fully saturated rings. The van der Waals surface area contributed by atoms with Gasteiger partial charge in [0.05, 0.1) is 13.2 Å². The maximum Gasteiger partial charge on any atom is 0.508 e. The zero-order chi connectivity index (χ0) is 19.3. The van der Waals surface area contributed by atoms with E-state index in [9.17, 15) is 23.5 Å². The van der Waals surface area contributed by atoms with Crippen LogP contribution in [0.15, 0.2) is 17.1 Å². The molecule has 0 radical (unpaired) electrons. The van der Waals surface area contributed by atoms with Crippen LogP contribution in [0.2, 0.25) is 0 Å². The third-order valence-corrected chi connectivity index (χ3v) is 3.83. The fraction of sp³-hybridized carbons (Fsp3) is 0.667. The van der Waals surface area contributed by atoms with Crippen molar-refractivity contribution >= 4 is 12.0 Å². The number of hydrogen-bond acceptors (Lipinski definition) is 8. The van der Waals surface area contributed by atoms with Gasteiger partial charge in [0.25, 0.3) is 0 Å². The number of carbonyl (C=O) groups excluding carboxylic acids is 1. The number of nitrogen functional groups attached to an aromatic ring is 1.